The Kier molecular flexibility index (Phi) is 5.91. The van der Waals surface area contributed by atoms with E-state index in [1.165, 1.54) is 5.56 Å². The number of nitrogens with one attached hydrogen (secondary N) is 1. The number of nitrogens with zero attached hydrogens (tertiary/aromatic N) is 1. The third kappa shape index (κ3) is 5.06. The van der Waals surface area contributed by atoms with Gasteiger partial charge in [0.1, 0.15) is 11.3 Å². The smallest absolute Gasteiger partial charge is 0.412 e. The van der Waals surface area contributed by atoms with Gasteiger partial charge in [-0.25, -0.2) is 4.79 Å². The third-order valence-electron chi connectivity index (χ3n) is 4.16. The van der Waals surface area contributed by atoms with E-state index in [2.05, 4.69) is 24.0 Å². The van der Waals surface area contributed by atoms with Crippen LogP contribution in [0.4, 0.5) is 4.79 Å². The fourth-order valence-corrected chi connectivity index (χ4v) is 2.97. The lowest BCUT2D eigenvalue weighted by Gasteiger charge is -2.37. The number of hydrogen-bond acceptors (Lipinski definition) is 4. The van der Waals surface area contributed by atoms with E-state index < -0.39 is 11.3 Å². The Balaban J connectivity index is 2.12. The second-order valence-electron chi connectivity index (χ2n) is 7.80. The minimum atomic E-state index is -0.720. The van der Waals surface area contributed by atoms with Gasteiger partial charge in [-0.2, -0.15) is 0 Å². The summed E-state index contributed by atoms with van der Waals surface area (Å²) >= 11 is 0. The first-order valence-corrected chi connectivity index (χ1v) is 8.70. The molecule has 5 nitrogen and oxygen atoms in total. The highest BCUT2D eigenvalue weighted by molar-refractivity contribution is 5.70. The summed E-state index contributed by atoms with van der Waals surface area (Å²) in [6.45, 7) is 14.4. The van der Waals surface area contributed by atoms with Crippen LogP contribution in [0.5, 0.6) is 0 Å². The van der Waals surface area contributed by atoms with Gasteiger partial charge in [-0.1, -0.05) is 36.4 Å². The number of carbonyl (C=O) groups excluding carboxylic acids is 1. The number of carbonyl (C=O) groups is 1. The molecule has 0 unspecified atom stereocenters. The number of hydrogen-bond donors (Lipinski definition) is 1. The molecule has 1 aliphatic heterocycles. The van der Waals surface area contributed by atoms with Gasteiger partial charge in [-0.3, -0.25) is 4.90 Å². The van der Waals surface area contributed by atoms with Gasteiger partial charge in [0.15, 0.2) is 0 Å². The average Bonchev–Trinajstić information content (AvgIpc) is 2.83. The summed E-state index contributed by atoms with van der Waals surface area (Å²) < 4.78 is 11.5. The van der Waals surface area contributed by atoms with Crippen LogP contribution in [-0.2, 0) is 16.0 Å². The summed E-state index contributed by atoms with van der Waals surface area (Å²) in [6.07, 6.45) is 1.46. The third-order valence-corrected chi connectivity index (χ3v) is 4.16. The molecule has 1 N–H and O–H groups in total. The molecule has 0 bridgehead atoms. The molecule has 5 heteroatoms. The van der Waals surface area contributed by atoms with Crippen molar-refractivity contribution in [3.63, 3.8) is 0 Å². The van der Waals surface area contributed by atoms with E-state index in [-0.39, 0.29) is 18.2 Å². The van der Waals surface area contributed by atoms with E-state index in [4.69, 9.17) is 9.47 Å². The largest absolute Gasteiger partial charge is 0.444 e. The Morgan fingerprint density at radius 1 is 1.44 bits per heavy atom. The summed E-state index contributed by atoms with van der Waals surface area (Å²) in [7, 11) is 0. The van der Waals surface area contributed by atoms with Crippen molar-refractivity contribution in [1.82, 2.24) is 10.2 Å². The summed E-state index contributed by atoms with van der Waals surface area (Å²) in [5, 5.41) is 3.47. The van der Waals surface area contributed by atoms with E-state index in [1.54, 1.807) is 4.90 Å². The standard InChI is InChI=1S/C20H30N2O3/c1-7-16(21-13-15-11-9-8-10-12-15)17-14-24-20(5,6)22(17)18(23)25-19(2,3)4/h7-12,16-17,21H,1,13-14H2,2-6H3/t16-,17-/m1/s1. The number of ether oxygens (including phenoxy) is 2. The lowest BCUT2D eigenvalue weighted by atomic mass is 10.1. The Morgan fingerprint density at radius 2 is 2.08 bits per heavy atom. The quantitative estimate of drug-likeness (QED) is 0.826. The van der Waals surface area contributed by atoms with Gasteiger partial charge in [0.05, 0.1) is 12.6 Å². The highest BCUT2D eigenvalue weighted by Crippen LogP contribution is 2.31. The maximum absolute atomic E-state index is 12.7. The zero-order chi connectivity index (χ0) is 18.7. The monoisotopic (exact) mass is 346 g/mol. The zero-order valence-electron chi connectivity index (χ0n) is 15.9. The molecule has 1 aliphatic rings. The Hall–Kier alpha value is -1.85. The maximum Gasteiger partial charge on any atom is 0.412 e. The summed E-state index contributed by atoms with van der Waals surface area (Å²) in [6, 6.07) is 9.86. The summed E-state index contributed by atoms with van der Waals surface area (Å²) in [5.74, 6) is 0. The molecular weight excluding hydrogens is 316 g/mol. The molecule has 1 saturated heterocycles. The van der Waals surface area contributed by atoms with Crippen LogP contribution in [0.25, 0.3) is 0 Å². The molecule has 1 heterocycles. The Bertz CT molecular complexity index is 593. The number of amides is 1. The van der Waals surface area contributed by atoms with Gasteiger partial charge in [0.2, 0.25) is 0 Å². The average molecular weight is 346 g/mol. The summed E-state index contributed by atoms with van der Waals surface area (Å²) in [4.78, 5) is 14.4. The molecular formula is C20H30N2O3. The highest BCUT2D eigenvalue weighted by atomic mass is 16.6. The molecule has 1 aromatic carbocycles. The minimum Gasteiger partial charge on any atom is -0.444 e. The first kappa shape index (κ1) is 19.5. The molecule has 2 atom stereocenters. The molecule has 0 spiro atoms. The van der Waals surface area contributed by atoms with Crippen LogP contribution in [0.15, 0.2) is 43.0 Å². The SMILES string of the molecule is C=C[C@@H](NCc1ccccc1)[C@H]1COC(C)(C)N1C(=O)OC(C)(C)C. The number of benzene rings is 1. The van der Waals surface area contributed by atoms with Gasteiger partial charge >= 0.3 is 6.09 Å². The summed E-state index contributed by atoms with van der Waals surface area (Å²) in [5.41, 5.74) is -0.0965. The maximum atomic E-state index is 12.7. The first-order valence-electron chi connectivity index (χ1n) is 8.70. The predicted molar refractivity (Wildman–Crippen MR) is 99.2 cm³/mol. The van der Waals surface area contributed by atoms with Crippen molar-refractivity contribution in [2.75, 3.05) is 6.61 Å². The van der Waals surface area contributed by atoms with Gasteiger partial charge in [0.25, 0.3) is 0 Å². The van der Waals surface area contributed by atoms with Crippen molar-refractivity contribution in [3.8, 4) is 0 Å². The van der Waals surface area contributed by atoms with Crippen molar-refractivity contribution in [2.24, 2.45) is 0 Å². The normalized spacial score (nSPS) is 21.0. The van der Waals surface area contributed by atoms with E-state index in [1.807, 2.05) is 58.9 Å². The van der Waals surface area contributed by atoms with Gasteiger partial charge in [0, 0.05) is 12.6 Å². The fourth-order valence-electron chi connectivity index (χ4n) is 2.97. The fraction of sp³-hybridized carbons (Fsp3) is 0.550. The lowest BCUT2D eigenvalue weighted by Crippen LogP contribution is -2.55. The zero-order valence-corrected chi connectivity index (χ0v) is 15.9. The molecule has 0 saturated carbocycles. The molecule has 0 aliphatic carbocycles. The van der Waals surface area contributed by atoms with E-state index in [0.717, 1.165) is 0 Å². The van der Waals surface area contributed by atoms with Gasteiger partial charge in [-0.15, -0.1) is 6.58 Å². The molecule has 1 aromatic rings. The molecule has 0 aromatic heterocycles. The van der Waals surface area contributed by atoms with Crippen LogP contribution in [0.3, 0.4) is 0 Å². The predicted octanol–water partition coefficient (Wildman–Crippen LogP) is 3.70. The first-order chi connectivity index (χ1) is 11.6. The lowest BCUT2D eigenvalue weighted by molar-refractivity contribution is -0.0631. The van der Waals surface area contributed by atoms with Crippen molar-refractivity contribution < 1.29 is 14.3 Å². The molecule has 2 rings (SSSR count). The molecule has 138 valence electrons. The van der Waals surface area contributed by atoms with E-state index in [0.29, 0.717) is 13.2 Å². The van der Waals surface area contributed by atoms with Crippen molar-refractivity contribution in [1.29, 1.82) is 0 Å². The van der Waals surface area contributed by atoms with Crippen LogP contribution in [0.2, 0.25) is 0 Å². The van der Waals surface area contributed by atoms with Crippen LogP contribution >= 0.6 is 0 Å². The van der Waals surface area contributed by atoms with Crippen LogP contribution < -0.4 is 5.32 Å². The van der Waals surface area contributed by atoms with Crippen LogP contribution in [-0.4, -0.2) is 41.0 Å². The van der Waals surface area contributed by atoms with Crippen molar-refractivity contribution in [2.45, 2.75) is 64.6 Å². The van der Waals surface area contributed by atoms with Crippen molar-refractivity contribution >= 4 is 6.09 Å². The van der Waals surface area contributed by atoms with Gasteiger partial charge in [-0.05, 0) is 40.2 Å². The van der Waals surface area contributed by atoms with Gasteiger partial charge < -0.3 is 14.8 Å². The second kappa shape index (κ2) is 7.58. The number of rotatable bonds is 5. The van der Waals surface area contributed by atoms with E-state index >= 15 is 0 Å². The molecule has 1 amide bonds. The topological polar surface area (TPSA) is 50.8 Å². The molecule has 0 radical (unpaired) electrons. The van der Waals surface area contributed by atoms with E-state index in [9.17, 15) is 4.79 Å². The second-order valence-corrected chi connectivity index (χ2v) is 7.80. The van der Waals surface area contributed by atoms with Crippen LogP contribution in [0.1, 0.15) is 40.2 Å². The molecule has 25 heavy (non-hydrogen) atoms. The van der Waals surface area contributed by atoms with Crippen LogP contribution in [0, 0.1) is 0 Å². The Labute approximate surface area is 151 Å². The van der Waals surface area contributed by atoms with Crippen molar-refractivity contribution in [3.05, 3.63) is 48.6 Å². The Morgan fingerprint density at radius 3 is 2.64 bits per heavy atom. The highest BCUT2D eigenvalue weighted by Gasteiger charge is 2.47. The molecule has 1 fully saturated rings. The minimum absolute atomic E-state index is 0.102.